The molecule has 0 atom stereocenters. The van der Waals surface area contributed by atoms with Gasteiger partial charge in [-0.2, -0.15) is 0 Å². The minimum atomic E-state index is -0.838. The number of aromatic hydroxyl groups is 1. The molecule has 0 aromatic carbocycles. The molecule has 0 saturated carbocycles. The molecule has 0 fully saturated rings. The largest absolute Gasteiger partial charge is 0.494 e. The lowest BCUT2D eigenvalue weighted by atomic mass is 9.95. The Hall–Kier alpha value is -0.700. The van der Waals surface area contributed by atoms with Crippen LogP contribution in [0.4, 0.5) is 0 Å². The van der Waals surface area contributed by atoms with Gasteiger partial charge in [0.05, 0.1) is 4.88 Å². The Bertz CT molecular complexity index is 799. The third kappa shape index (κ3) is 4.68. The summed E-state index contributed by atoms with van der Waals surface area (Å²) in [6, 6.07) is 2.10. The molecule has 0 aliphatic rings. The fourth-order valence-electron chi connectivity index (χ4n) is 2.32. The zero-order chi connectivity index (χ0) is 18.1. The van der Waals surface area contributed by atoms with Crippen molar-refractivity contribution in [2.45, 2.75) is 52.0 Å². The lowest BCUT2D eigenvalue weighted by Gasteiger charge is -2.16. The van der Waals surface area contributed by atoms with E-state index in [2.05, 4.69) is 42.8 Å². The first kappa shape index (κ1) is 19.6. The Kier molecular flexibility index (Phi) is 6.28. The summed E-state index contributed by atoms with van der Waals surface area (Å²) in [6.45, 7) is 6.95. The lowest BCUT2D eigenvalue weighted by Crippen LogP contribution is -2.08. The molecule has 4 nitrogen and oxygen atoms in total. The fourth-order valence-corrected chi connectivity index (χ4v) is 6.20. The zero-order valence-corrected chi connectivity index (χ0v) is 17.8. The number of thiazole rings is 1. The normalized spacial score (nSPS) is 11.8. The van der Waals surface area contributed by atoms with Crippen LogP contribution < -0.4 is 0 Å². The highest BCUT2D eigenvalue weighted by molar-refractivity contribution is 9.10. The van der Waals surface area contributed by atoms with Gasteiger partial charge in [0.15, 0.2) is 3.95 Å². The summed E-state index contributed by atoms with van der Waals surface area (Å²) in [5.41, 5.74) is 0.0686. The van der Waals surface area contributed by atoms with Gasteiger partial charge < -0.3 is 10.2 Å². The predicted molar refractivity (Wildman–Crippen MR) is 105 cm³/mol. The van der Waals surface area contributed by atoms with Crippen LogP contribution in [0.5, 0.6) is 5.88 Å². The third-order valence-corrected chi connectivity index (χ3v) is 7.35. The van der Waals surface area contributed by atoms with Gasteiger partial charge in [-0.15, -0.1) is 22.7 Å². The van der Waals surface area contributed by atoms with Crippen LogP contribution in [-0.2, 0) is 23.2 Å². The van der Waals surface area contributed by atoms with Crippen LogP contribution in [0.1, 0.15) is 48.2 Å². The van der Waals surface area contributed by atoms with E-state index in [1.165, 1.54) is 16.2 Å². The van der Waals surface area contributed by atoms with Crippen LogP contribution in [0.2, 0.25) is 0 Å². The molecule has 2 aromatic rings. The van der Waals surface area contributed by atoms with Crippen LogP contribution in [0.15, 0.2) is 10.5 Å². The standard InChI is InChI=1S/C16H20BrNO3S3/c1-16(2,3)13-10(17)7-9(23-13)8-11-14(21)18(15(22)24-11)6-4-5-12(19)20/h7,21H,4-6,8H2,1-3H3,(H,19,20). The minimum Gasteiger partial charge on any atom is -0.494 e. The SMILES string of the molecule is CC(C)(C)c1sc(Cc2sc(=S)n(CCCC(=O)O)c2O)cc1Br. The number of carbonyl (C=O) groups is 1. The number of carboxylic acids is 1. The Morgan fingerprint density at radius 2 is 2.04 bits per heavy atom. The summed E-state index contributed by atoms with van der Waals surface area (Å²) < 4.78 is 3.31. The number of aromatic nitrogens is 1. The fraction of sp³-hybridized carbons (Fsp3) is 0.500. The molecule has 8 heteroatoms. The molecule has 0 amide bonds. The van der Waals surface area contributed by atoms with Crippen molar-refractivity contribution in [1.29, 1.82) is 0 Å². The van der Waals surface area contributed by atoms with Gasteiger partial charge in [0.1, 0.15) is 0 Å². The Labute approximate surface area is 162 Å². The van der Waals surface area contributed by atoms with Gasteiger partial charge in [-0.05, 0) is 46.0 Å². The second-order valence-corrected chi connectivity index (χ2v) is 10.3. The summed E-state index contributed by atoms with van der Waals surface area (Å²) in [5, 5.41) is 19.2. The maximum atomic E-state index is 10.6. The van der Waals surface area contributed by atoms with Gasteiger partial charge in [-0.25, -0.2) is 0 Å². The number of halogens is 1. The first-order chi connectivity index (χ1) is 11.1. The summed E-state index contributed by atoms with van der Waals surface area (Å²) >= 11 is 12.1. The summed E-state index contributed by atoms with van der Waals surface area (Å²) in [7, 11) is 0. The molecule has 0 bridgehead atoms. The number of carboxylic acid groups (broad SMARTS) is 1. The van der Waals surface area contributed by atoms with Gasteiger partial charge in [0.2, 0.25) is 5.88 Å². The van der Waals surface area contributed by atoms with Crippen molar-refractivity contribution in [3.05, 3.63) is 29.1 Å². The molecule has 132 valence electrons. The highest BCUT2D eigenvalue weighted by Gasteiger charge is 2.21. The second kappa shape index (κ2) is 7.68. The van der Waals surface area contributed by atoms with E-state index in [0.29, 0.717) is 23.3 Å². The molecular weight excluding hydrogens is 430 g/mol. The van der Waals surface area contributed by atoms with E-state index in [9.17, 15) is 9.90 Å². The van der Waals surface area contributed by atoms with E-state index < -0.39 is 5.97 Å². The monoisotopic (exact) mass is 449 g/mol. The van der Waals surface area contributed by atoms with Crippen LogP contribution >= 0.6 is 50.8 Å². The molecule has 2 heterocycles. The molecule has 0 radical (unpaired) electrons. The number of hydrogen-bond acceptors (Lipinski definition) is 5. The van der Waals surface area contributed by atoms with Crippen LogP contribution in [-0.4, -0.2) is 20.7 Å². The van der Waals surface area contributed by atoms with Crippen molar-refractivity contribution in [3.8, 4) is 5.88 Å². The topological polar surface area (TPSA) is 62.5 Å². The summed E-state index contributed by atoms with van der Waals surface area (Å²) in [4.78, 5) is 13.9. The molecule has 0 spiro atoms. The van der Waals surface area contributed by atoms with Crippen LogP contribution in [0.3, 0.4) is 0 Å². The Balaban J connectivity index is 2.19. The van der Waals surface area contributed by atoms with Crippen molar-refractivity contribution < 1.29 is 15.0 Å². The molecule has 0 saturated heterocycles. The van der Waals surface area contributed by atoms with Gasteiger partial charge >= 0.3 is 5.97 Å². The number of aliphatic carboxylic acids is 1. The van der Waals surface area contributed by atoms with E-state index in [0.717, 1.165) is 14.2 Å². The van der Waals surface area contributed by atoms with Gasteiger partial charge in [-0.3, -0.25) is 9.36 Å². The molecule has 0 unspecified atom stereocenters. The first-order valence-corrected chi connectivity index (χ1v) is 10.3. The maximum Gasteiger partial charge on any atom is 0.303 e. The quantitative estimate of drug-likeness (QED) is 0.566. The minimum absolute atomic E-state index is 0.0686. The molecule has 2 N–H and O–H groups in total. The smallest absolute Gasteiger partial charge is 0.303 e. The predicted octanol–water partition coefficient (Wildman–Crippen LogP) is 5.56. The van der Waals surface area contributed by atoms with Crippen LogP contribution in [0.25, 0.3) is 0 Å². The van der Waals surface area contributed by atoms with Crippen molar-refractivity contribution in [3.63, 3.8) is 0 Å². The molecule has 2 aromatic heterocycles. The average molecular weight is 450 g/mol. The van der Waals surface area contributed by atoms with E-state index in [1.807, 2.05) is 0 Å². The van der Waals surface area contributed by atoms with E-state index in [4.69, 9.17) is 17.3 Å². The molecular formula is C16H20BrNO3S3. The number of thiophene rings is 1. The summed E-state index contributed by atoms with van der Waals surface area (Å²) in [6.07, 6.45) is 1.15. The van der Waals surface area contributed by atoms with E-state index >= 15 is 0 Å². The van der Waals surface area contributed by atoms with E-state index in [-0.39, 0.29) is 17.7 Å². The highest BCUT2D eigenvalue weighted by atomic mass is 79.9. The average Bonchev–Trinajstić information content (AvgIpc) is 2.93. The van der Waals surface area contributed by atoms with Crippen molar-refractivity contribution in [1.82, 2.24) is 4.57 Å². The van der Waals surface area contributed by atoms with Crippen LogP contribution in [0, 0.1) is 3.95 Å². The Morgan fingerprint density at radius 3 is 2.58 bits per heavy atom. The maximum absolute atomic E-state index is 10.6. The third-order valence-electron chi connectivity index (χ3n) is 3.46. The van der Waals surface area contributed by atoms with Gasteiger partial charge in [0.25, 0.3) is 0 Å². The van der Waals surface area contributed by atoms with Crippen molar-refractivity contribution in [2.24, 2.45) is 0 Å². The first-order valence-electron chi connectivity index (χ1n) is 7.51. The number of hydrogen-bond donors (Lipinski definition) is 2. The van der Waals surface area contributed by atoms with E-state index in [1.54, 1.807) is 15.9 Å². The highest BCUT2D eigenvalue weighted by Crippen LogP contribution is 2.39. The second-order valence-electron chi connectivity index (χ2n) is 6.58. The molecule has 0 aliphatic heterocycles. The molecule has 0 aliphatic carbocycles. The summed E-state index contributed by atoms with van der Waals surface area (Å²) in [5.74, 6) is -0.674. The molecule has 24 heavy (non-hydrogen) atoms. The van der Waals surface area contributed by atoms with Crippen molar-refractivity contribution in [2.75, 3.05) is 0 Å². The van der Waals surface area contributed by atoms with Crippen molar-refractivity contribution >= 4 is 56.8 Å². The Morgan fingerprint density at radius 1 is 1.38 bits per heavy atom. The zero-order valence-electron chi connectivity index (χ0n) is 13.8. The van der Waals surface area contributed by atoms with Gasteiger partial charge in [0, 0.05) is 33.6 Å². The number of rotatable bonds is 6. The number of nitrogens with zero attached hydrogens (tertiary/aromatic N) is 1. The lowest BCUT2D eigenvalue weighted by molar-refractivity contribution is -0.137. The van der Waals surface area contributed by atoms with Gasteiger partial charge in [-0.1, -0.05) is 20.8 Å². The molecule has 2 rings (SSSR count).